The molecule has 0 aliphatic heterocycles. The minimum absolute atomic E-state index is 0.00339. The normalized spacial score (nSPS) is 11.9. The second-order valence-corrected chi connectivity index (χ2v) is 6.48. The van der Waals surface area contributed by atoms with Crippen LogP contribution in [0.1, 0.15) is 21.7 Å². The molecule has 154 valence electrons. The van der Waals surface area contributed by atoms with Gasteiger partial charge >= 0.3 is 12.1 Å². The molecule has 0 aliphatic carbocycles. The summed E-state index contributed by atoms with van der Waals surface area (Å²) in [4.78, 5) is 23.7. The standard InChI is InChI=1S/C21H13ClF3NO4/c22-16-8-6-13(21(23,24)25)10-15(16)18-9-7-14(30-18)11-17(20(28)29)26-19(27)12-4-2-1-3-5-12/h1-11H,(H,26,27)(H,28,29)/b17-11-. The fourth-order valence-corrected chi connectivity index (χ4v) is 2.75. The number of hydrogen-bond acceptors (Lipinski definition) is 3. The molecule has 0 bridgehead atoms. The number of carbonyl (C=O) groups is 2. The van der Waals surface area contributed by atoms with E-state index in [0.717, 1.165) is 24.3 Å². The zero-order chi connectivity index (χ0) is 21.9. The lowest BCUT2D eigenvalue weighted by molar-refractivity contribution is -0.137. The van der Waals surface area contributed by atoms with Gasteiger partial charge in [-0.05, 0) is 42.5 Å². The molecule has 30 heavy (non-hydrogen) atoms. The first-order valence-corrected chi connectivity index (χ1v) is 8.81. The van der Waals surface area contributed by atoms with Gasteiger partial charge in [-0.1, -0.05) is 29.8 Å². The number of benzene rings is 2. The molecular weight excluding hydrogens is 423 g/mol. The maximum absolute atomic E-state index is 13.0. The zero-order valence-corrected chi connectivity index (χ0v) is 15.8. The van der Waals surface area contributed by atoms with Crippen molar-refractivity contribution in [2.24, 2.45) is 0 Å². The molecule has 0 radical (unpaired) electrons. The van der Waals surface area contributed by atoms with Crippen LogP contribution in [0, 0.1) is 0 Å². The molecule has 1 amide bonds. The topological polar surface area (TPSA) is 79.5 Å². The lowest BCUT2D eigenvalue weighted by Crippen LogP contribution is -2.27. The van der Waals surface area contributed by atoms with Gasteiger partial charge in [-0.25, -0.2) is 4.79 Å². The molecule has 0 atom stereocenters. The van der Waals surface area contributed by atoms with Crippen LogP contribution in [0.15, 0.2) is 70.8 Å². The SMILES string of the molecule is O=C(O)/C(=C/c1ccc(-c2cc(C(F)(F)F)ccc2Cl)o1)NC(=O)c1ccccc1. The first-order valence-electron chi connectivity index (χ1n) is 8.43. The maximum Gasteiger partial charge on any atom is 0.416 e. The molecule has 2 N–H and O–H groups in total. The minimum atomic E-state index is -4.56. The van der Waals surface area contributed by atoms with Crippen molar-refractivity contribution < 1.29 is 32.3 Å². The second kappa shape index (κ2) is 8.46. The van der Waals surface area contributed by atoms with Gasteiger partial charge in [-0.15, -0.1) is 0 Å². The van der Waals surface area contributed by atoms with Crippen molar-refractivity contribution in [3.63, 3.8) is 0 Å². The summed E-state index contributed by atoms with van der Waals surface area (Å²) in [6.45, 7) is 0. The highest BCUT2D eigenvalue weighted by Gasteiger charge is 2.31. The van der Waals surface area contributed by atoms with Gasteiger partial charge in [0.2, 0.25) is 0 Å². The predicted octanol–water partition coefficient (Wildman–Crippen LogP) is 5.47. The summed E-state index contributed by atoms with van der Waals surface area (Å²) in [6.07, 6.45) is -3.51. The number of carboxylic acids is 1. The van der Waals surface area contributed by atoms with E-state index in [0.29, 0.717) is 0 Å². The van der Waals surface area contributed by atoms with E-state index < -0.39 is 29.3 Å². The van der Waals surface area contributed by atoms with Gasteiger partial charge in [0.1, 0.15) is 17.2 Å². The summed E-state index contributed by atoms with van der Waals surface area (Å²) in [5.41, 5.74) is -1.13. The van der Waals surface area contributed by atoms with Crippen LogP contribution < -0.4 is 5.32 Å². The van der Waals surface area contributed by atoms with Crippen molar-refractivity contribution in [1.82, 2.24) is 5.32 Å². The average molecular weight is 436 g/mol. The fourth-order valence-electron chi connectivity index (χ4n) is 2.54. The largest absolute Gasteiger partial charge is 0.477 e. The van der Waals surface area contributed by atoms with Crippen LogP contribution in [0.2, 0.25) is 5.02 Å². The van der Waals surface area contributed by atoms with Crippen LogP contribution in [0.3, 0.4) is 0 Å². The minimum Gasteiger partial charge on any atom is -0.477 e. The Labute approximate surface area is 173 Å². The Morgan fingerprint density at radius 3 is 2.37 bits per heavy atom. The number of carboxylic acid groups (broad SMARTS) is 1. The first kappa shape index (κ1) is 21.2. The van der Waals surface area contributed by atoms with Crippen molar-refractivity contribution in [2.75, 3.05) is 0 Å². The third-order valence-corrected chi connectivity index (χ3v) is 4.32. The highest BCUT2D eigenvalue weighted by molar-refractivity contribution is 6.33. The summed E-state index contributed by atoms with van der Waals surface area (Å²) in [5, 5.41) is 11.6. The summed E-state index contributed by atoms with van der Waals surface area (Å²) >= 11 is 5.99. The van der Waals surface area contributed by atoms with Crippen molar-refractivity contribution in [3.8, 4) is 11.3 Å². The summed E-state index contributed by atoms with van der Waals surface area (Å²) in [6, 6.07) is 13.4. The van der Waals surface area contributed by atoms with Crippen molar-refractivity contribution >= 4 is 29.6 Å². The molecule has 9 heteroatoms. The van der Waals surface area contributed by atoms with E-state index >= 15 is 0 Å². The van der Waals surface area contributed by atoms with E-state index in [1.807, 2.05) is 0 Å². The highest BCUT2D eigenvalue weighted by Crippen LogP contribution is 2.36. The van der Waals surface area contributed by atoms with Crippen molar-refractivity contribution in [3.05, 3.63) is 88.3 Å². The Hall–Kier alpha value is -3.52. The van der Waals surface area contributed by atoms with Gasteiger partial charge in [-0.2, -0.15) is 13.2 Å². The van der Waals surface area contributed by atoms with Gasteiger partial charge < -0.3 is 14.8 Å². The summed E-state index contributed by atoms with van der Waals surface area (Å²) < 4.78 is 44.3. The number of aliphatic carboxylic acids is 1. The number of furan rings is 1. The molecule has 2 aromatic carbocycles. The Balaban J connectivity index is 1.90. The molecular formula is C21H13ClF3NO4. The van der Waals surface area contributed by atoms with Crippen LogP contribution in [0.5, 0.6) is 0 Å². The smallest absolute Gasteiger partial charge is 0.416 e. The number of amides is 1. The highest BCUT2D eigenvalue weighted by atomic mass is 35.5. The van der Waals surface area contributed by atoms with Gasteiger partial charge in [0, 0.05) is 17.2 Å². The lowest BCUT2D eigenvalue weighted by atomic mass is 10.1. The molecule has 1 aromatic heterocycles. The van der Waals surface area contributed by atoms with E-state index in [4.69, 9.17) is 16.0 Å². The van der Waals surface area contributed by atoms with Gasteiger partial charge in [-0.3, -0.25) is 4.79 Å². The van der Waals surface area contributed by atoms with Crippen molar-refractivity contribution in [1.29, 1.82) is 0 Å². The van der Waals surface area contributed by atoms with E-state index in [-0.39, 0.29) is 27.7 Å². The number of hydrogen-bond donors (Lipinski definition) is 2. The molecule has 0 spiro atoms. The molecule has 1 heterocycles. The van der Waals surface area contributed by atoms with Gasteiger partial charge in [0.15, 0.2) is 0 Å². The predicted molar refractivity (Wildman–Crippen MR) is 104 cm³/mol. The zero-order valence-electron chi connectivity index (χ0n) is 15.0. The lowest BCUT2D eigenvalue weighted by Gasteiger charge is -2.09. The van der Waals surface area contributed by atoms with E-state index in [1.165, 1.54) is 24.3 Å². The van der Waals surface area contributed by atoms with Crippen LogP contribution >= 0.6 is 11.6 Å². The third kappa shape index (κ3) is 4.90. The Morgan fingerprint density at radius 1 is 1.03 bits per heavy atom. The Morgan fingerprint density at radius 2 is 1.73 bits per heavy atom. The quantitative estimate of drug-likeness (QED) is 0.520. The number of rotatable bonds is 5. The molecule has 5 nitrogen and oxygen atoms in total. The van der Waals surface area contributed by atoms with Crippen molar-refractivity contribution in [2.45, 2.75) is 6.18 Å². The summed E-state index contributed by atoms with van der Waals surface area (Å²) in [5.74, 6) is -2.05. The first-order chi connectivity index (χ1) is 14.1. The van der Waals surface area contributed by atoms with E-state index in [2.05, 4.69) is 5.32 Å². The van der Waals surface area contributed by atoms with Crippen LogP contribution in [-0.4, -0.2) is 17.0 Å². The molecule has 0 unspecified atom stereocenters. The maximum atomic E-state index is 13.0. The number of carbonyl (C=O) groups excluding carboxylic acids is 1. The Kier molecular flexibility index (Phi) is 5.98. The second-order valence-electron chi connectivity index (χ2n) is 6.08. The fraction of sp³-hybridized carbons (Fsp3) is 0.0476. The average Bonchev–Trinajstić information content (AvgIpc) is 3.15. The molecule has 3 rings (SSSR count). The molecule has 0 aliphatic rings. The van der Waals surface area contributed by atoms with Crippen LogP contribution in [0.4, 0.5) is 13.2 Å². The van der Waals surface area contributed by atoms with Gasteiger partial charge in [0.05, 0.1) is 10.6 Å². The van der Waals surface area contributed by atoms with E-state index in [9.17, 15) is 27.9 Å². The number of alkyl halides is 3. The Bertz CT molecular complexity index is 1120. The monoisotopic (exact) mass is 435 g/mol. The molecule has 0 saturated heterocycles. The molecule has 3 aromatic rings. The van der Waals surface area contributed by atoms with Crippen LogP contribution in [-0.2, 0) is 11.0 Å². The molecule has 0 saturated carbocycles. The third-order valence-electron chi connectivity index (χ3n) is 3.99. The summed E-state index contributed by atoms with van der Waals surface area (Å²) in [7, 11) is 0. The number of nitrogens with one attached hydrogen (secondary N) is 1. The molecule has 0 fully saturated rings. The van der Waals surface area contributed by atoms with E-state index in [1.54, 1.807) is 18.2 Å². The van der Waals surface area contributed by atoms with Crippen LogP contribution in [0.25, 0.3) is 17.4 Å². The number of halogens is 4. The van der Waals surface area contributed by atoms with Gasteiger partial charge in [0.25, 0.3) is 5.91 Å².